The van der Waals surface area contributed by atoms with Crippen LogP contribution in [0.4, 0.5) is 0 Å². The van der Waals surface area contributed by atoms with Crippen molar-refractivity contribution in [1.82, 2.24) is 0 Å². The van der Waals surface area contributed by atoms with Crippen LogP contribution < -0.4 is 4.74 Å². The molecule has 0 saturated carbocycles. The maximum absolute atomic E-state index is 5.99. The standard InChI is InChI=1S/C28H34OS/c1-21(2)25-13-15-27(16-14-25)29-18-17-22(3)26-11-8-12-28(20-26)30-23(4)19-24-9-6-5-7-10-24/h5-16,20-23H,17-19H2,1-4H3. The molecule has 2 unspecified atom stereocenters. The smallest absolute Gasteiger partial charge is 0.119 e. The van der Waals surface area contributed by atoms with Crippen molar-refractivity contribution < 1.29 is 4.74 Å². The summed E-state index contributed by atoms with van der Waals surface area (Å²) in [5.74, 6) is 2.00. The van der Waals surface area contributed by atoms with E-state index in [9.17, 15) is 0 Å². The molecule has 3 aromatic rings. The Morgan fingerprint density at radius 2 is 1.50 bits per heavy atom. The van der Waals surface area contributed by atoms with Crippen LogP contribution in [-0.2, 0) is 6.42 Å². The van der Waals surface area contributed by atoms with Crippen LogP contribution >= 0.6 is 11.8 Å². The number of hydrogen-bond donors (Lipinski definition) is 0. The molecule has 30 heavy (non-hydrogen) atoms. The third kappa shape index (κ3) is 6.95. The summed E-state index contributed by atoms with van der Waals surface area (Å²) < 4.78 is 5.99. The first kappa shape index (κ1) is 22.5. The molecule has 3 rings (SSSR count). The fraction of sp³-hybridized carbons (Fsp3) is 0.357. The van der Waals surface area contributed by atoms with Gasteiger partial charge in [0.05, 0.1) is 6.61 Å². The van der Waals surface area contributed by atoms with Crippen LogP contribution in [0.1, 0.15) is 62.6 Å². The van der Waals surface area contributed by atoms with Crippen LogP contribution in [-0.4, -0.2) is 11.9 Å². The lowest BCUT2D eigenvalue weighted by Crippen LogP contribution is -2.04. The second-order valence-electron chi connectivity index (χ2n) is 8.45. The minimum atomic E-state index is 0.477. The average molecular weight is 419 g/mol. The van der Waals surface area contributed by atoms with Gasteiger partial charge in [-0.25, -0.2) is 0 Å². The highest BCUT2D eigenvalue weighted by molar-refractivity contribution is 8.00. The lowest BCUT2D eigenvalue weighted by Gasteiger charge is -2.16. The summed E-state index contributed by atoms with van der Waals surface area (Å²) in [5, 5.41) is 0.551. The monoisotopic (exact) mass is 418 g/mol. The van der Waals surface area contributed by atoms with Crippen LogP contribution in [0, 0.1) is 0 Å². The third-order valence-electron chi connectivity index (χ3n) is 5.50. The lowest BCUT2D eigenvalue weighted by molar-refractivity contribution is 0.300. The zero-order valence-electron chi connectivity index (χ0n) is 18.7. The second-order valence-corrected chi connectivity index (χ2v) is 9.96. The fourth-order valence-electron chi connectivity index (χ4n) is 3.58. The Labute approximate surface area is 186 Å². The lowest BCUT2D eigenvalue weighted by atomic mass is 9.98. The Bertz CT molecular complexity index is 886. The Morgan fingerprint density at radius 3 is 2.20 bits per heavy atom. The SMILES string of the molecule is CC(Cc1ccccc1)Sc1cccc(C(C)CCOc2ccc(C(C)C)cc2)c1. The zero-order chi connectivity index (χ0) is 21.3. The van der Waals surface area contributed by atoms with Gasteiger partial charge in [-0.15, -0.1) is 11.8 Å². The van der Waals surface area contributed by atoms with Gasteiger partial charge in [0.15, 0.2) is 0 Å². The van der Waals surface area contributed by atoms with E-state index < -0.39 is 0 Å². The van der Waals surface area contributed by atoms with Gasteiger partial charge < -0.3 is 4.74 Å². The van der Waals surface area contributed by atoms with E-state index in [4.69, 9.17) is 4.74 Å². The summed E-state index contributed by atoms with van der Waals surface area (Å²) in [5.41, 5.74) is 4.15. The molecule has 0 aliphatic rings. The third-order valence-corrected chi connectivity index (χ3v) is 6.59. The quantitative estimate of drug-likeness (QED) is 0.308. The summed E-state index contributed by atoms with van der Waals surface area (Å²) in [6, 6.07) is 28.3. The largest absolute Gasteiger partial charge is 0.494 e. The van der Waals surface area contributed by atoms with Gasteiger partial charge in [-0.05, 0) is 65.6 Å². The molecule has 0 fully saturated rings. The first-order chi connectivity index (χ1) is 14.5. The molecule has 1 nitrogen and oxygen atoms in total. The van der Waals surface area contributed by atoms with Crippen LogP contribution in [0.25, 0.3) is 0 Å². The normalized spacial score (nSPS) is 13.2. The van der Waals surface area contributed by atoms with Gasteiger partial charge >= 0.3 is 0 Å². The van der Waals surface area contributed by atoms with Gasteiger partial charge in [-0.1, -0.05) is 82.3 Å². The van der Waals surface area contributed by atoms with Crippen LogP contribution in [0.3, 0.4) is 0 Å². The number of benzene rings is 3. The topological polar surface area (TPSA) is 9.23 Å². The summed E-state index contributed by atoms with van der Waals surface area (Å²) in [6.45, 7) is 9.78. The van der Waals surface area contributed by atoms with Crippen molar-refractivity contribution in [2.75, 3.05) is 6.61 Å². The van der Waals surface area contributed by atoms with E-state index in [0.717, 1.165) is 25.2 Å². The van der Waals surface area contributed by atoms with Gasteiger partial charge in [0.25, 0.3) is 0 Å². The molecule has 0 spiro atoms. The van der Waals surface area contributed by atoms with Crippen molar-refractivity contribution in [2.45, 2.75) is 62.5 Å². The first-order valence-corrected chi connectivity index (χ1v) is 11.9. The molecule has 0 aliphatic heterocycles. The molecule has 0 saturated heterocycles. The summed E-state index contributed by atoms with van der Waals surface area (Å²) >= 11 is 1.96. The van der Waals surface area contributed by atoms with Gasteiger partial charge in [0.1, 0.15) is 5.75 Å². The summed E-state index contributed by atoms with van der Waals surface area (Å²) in [6.07, 6.45) is 2.11. The van der Waals surface area contributed by atoms with Crippen molar-refractivity contribution in [3.8, 4) is 5.75 Å². The van der Waals surface area contributed by atoms with Gasteiger partial charge in [0.2, 0.25) is 0 Å². The number of rotatable bonds is 10. The van der Waals surface area contributed by atoms with Gasteiger partial charge in [-0.3, -0.25) is 0 Å². The highest BCUT2D eigenvalue weighted by Gasteiger charge is 2.10. The molecule has 0 aromatic heterocycles. The molecule has 2 heteroatoms. The predicted molar refractivity (Wildman–Crippen MR) is 131 cm³/mol. The van der Waals surface area contributed by atoms with Crippen LogP contribution in [0.2, 0.25) is 0 Å². The second kappa shape index (κ2) is 11.3. The van der Waals surface area contributed by atoms with E-state index in [1.807, 2.05) is 11.8 Å². The Kier molecular flexibility index (Phi) is 8.45. The van der Waals surface area contributed by atoms with Crippen LogP contribution in [0.5, 0.6) is 5.75 Å². The van der Waals surface area contributed by atoms with E-state index >= 15 is 0 Å². The van der Waals surface area contributed by atoms with Crippen molar-refractivity contribution in [1.29, 1.82) is 0 Å². The average Bonchev–Trinajstić information content (AvgIpc) is 2.75. The van der Waals surface area contributed by atoms with Crippen molar-refractivity contribution in [3.05, 3.63) is 95.6 Å². The van der Waals surface area contributed by atoms with Crippen molar-refractivity contribution >= 4 is 11.8 Å². The minimum Gasteiger partial charge on any atom is -0.494 e. The van der Waals surface area contributed by atoms with Gasteiger partial charge in [-0.2, -0.15) is 0 Å². The molecule has 2 atom stereocenters. The summed E-state index contributed by atoms with van der Waals surface area (Å²) in [4.78, 5) is 1.35. The maximum Gasteiger partial charge on any atom is 0.119 e. The van der Waals surface area contributed by atoms with E-state index in [1.165, 1.54) is 21.6 Å². The maximum atomic E-state index is 5.99. The fourth-order valence-corrected chi connectivity index (χ4v) is 4.69. The molecule has 158 valence electrons. The van der Waals surface area contributed by atoms with E-state index in [1.54, 1.807) is 0 Å². The molecule has 0 aliphatic carbocycles. The van der Waals surface area contributed by atoms with Crippen molar-refractivity contribution in [3.63, 3.8) is 0 Å². The first-order valence-electron chi connectivity index (χ1n) is 11.0. The highest BCUT2D eigenvalue weighted by Crippen LogP contribution is 2.29. The molecule has 0 amide bonds. The molecular formula is C28H34OS. The highest BCUT2D eigenvalue weighted by atomic mass is 32.2. The molecule has 0 radical (unpaired) electrons. The molecular weight excluding hydrogens is 384 g/mol. The molecule has 3 aromatic carbocycles. The Hall–Kier alpha value is -2.19. The van der Waals surface area contributed by atoms with E-state index in [-0.39, 0.29) is 0 Å². The number of ether oxygens (including phenoxy) is 1. The number of thioether (sulfide) groups is 1. The van der Waals surface area contributed by atoms with Crippen molar-refractivity contribution in [2.24, 2.45) is 0 Å². The minimum absolute atomic E-state index is 0.477. The Morgan fingerprint density at radius 1 is 0.767 bits per heavy atom. The summed E-state index contributed by atoms with van der Waals surface area (Å²) in [7, 11) is 0. The molecule has 0 heterocycles. The molecule has 0 bridgehead atoms. The van der Waals surface area contributed by atoms with Gasteiger partial charge in [0, 0.05) is 10.1 Å². The predicted octanol–water partition coefficient (Wildman–Crippen LogP) is 8.11. The molecule has 0 N–H and O–H groups in total. The Balaban J connectivity index is 1.49. The number of hydrogen-bond acceptors (Lipinski definition) is 2. The van der Waals surface area contributed by atoms with E-state index in [0.29, 0.717) is 17.1 Å². The van der Waals surface area contributed by atoms with Crippen LogP contribution in [0.15, 0.2) is 83.8 Å². The zero-order valence-corrected chi connectivity index (χ0v) is 19.5. The van der Waals surface area contributed by atoms with E-state index in [2.05, 4.69) is 107 Å².